The second-order valence-corrected chi connectivity index (χ2v) is 7.48. The first-order valence-electron chi connectivity index (χ1n) is 8.46. The van der Waals surface area contributed by atoms with Crippen molar-refractivity contribution in [2.75, 3.05) is 13.7 Å². The molecule has 1 atom stereocenters. The third kappa shape index (κ3) is 5.97. The highest BCUT2D eigenvalue weighted by atomic mass is 79.9. The number of carbonyl (C=O) groups is 2. The number of aryl methyl sites for hydroxylation is 1. The van der Waals surface area contributed by atoms with Crippen molar-refractivity contribution in [1.29, 1.82) is 0 Å². The number of hydrogen-bond acceptors (Lipinski definition) is 3. The number of hydrogen-bond donors (Lipinski definition) is 1. The molecule has 0 radical (unpaired) electrons. The average Bonchev–Trinajstić information content (AvgIpc) is 2.65. The predicted molar refractivity (Wildman–Crippen MR) is 110 cm³/mol. The van der Waals surface area contributed by atoms with Crippen LogP contribution in [0.2, 0.25) is 5.02 Å². The maximum atomic E-state index is 12.8. The summed E-state index contributed by atoms with van der Waals surface area (Å²) in [5.41, 5.74) is 2.07. The van der Waals surface area contributed by atoms with E-state index >= 15 is 0 Å². The summed E-state index contributed by atoms with van der Waals surface area (Å²) < 4.78 is 6.40. The second-order valence-electron chi connectivity index (χ2n) is 6.16. The Morgan fingerprint density at radius 1 is 1.22 bits per heavy atom. The lowest BCUT2D eigenvalue weighted by atomic mass is 10.1. The number of benzene rings is 2. The van der Waals surface area contributed by atoms with Gasteiger partial charge in [0.2, 0.25) is 5.91 Å². The van der Waals surface area contributed by atoms with E-state index in [1.165, 1.54) is 4.90 Å². The zero-order valence-electron chi connectivity index (χ0n) is 15.5. The van der Waals surface area contributed by atoms with E-state index in [1.807, 2.05) is 31.2 Å². The minimum atomic E-state index is -0.632. The summed E-state index contributed by atoms with van der Waals surface area (Å²) in [7, 11) is 1.55. The molecule has 0 aliphatic carbocycles. The monoisotopic (exact) mass is 452 g/mol. The van der Waals surface area contributed by atoms with Crippen LogP contribution >= 0.6 is 27.5 Å². The van der Waals surface area contributed by atoms with Crippen LogP contribution in [-0.2, 0) is 16.1 Å². The van der Waals surface area contributed by atoms with Gasteiger partial charge in [-0.15, -0.1) is 0 Å². The topological polar surface area (TPSA) is 58.6 Å². The summed E-state index contributed by atoms with van der Waals surface area (Å²) in [4.78, 5) is 26.4. The molecule has 2 aromatic rings. The molecule has 0 saturated carbocycles. The molecule has 0 saturated heterocycles. The number of likely N-dealkylation sites (N-methyl/N-ethyl adjacent to an activating group) is 1. The van der Waals surface area contributed by atoms with Crippen molar-refractivity contribution in [1.82, 2.24) is 10.2 Å². The Kier molecular flexibility index (Phi) is 7.68. The maximum Gasteiger partial charge on any atom is 0.261 e. The van der Waals surface area contributed by atoms with Gasteiger partial charge in [0.15, 0.2) is 6.61 Å². The van der Waals surface area contributed by atoms with Crippen LogP contribution in [0.4, 0.5) is 0 Å². The van der Waals surface area contributed by atoms with Crippen LogP contribution in [0.1, 0.15) is 18.1 Å². The van der Waals surface area contributed by atoms with Crippen molar-refractivity contribution < 1.29 is 14.3 Å². The average molecular weight is 454 g/mol. The summed E-state index contributed by atoms with van der Waals surface area (Å²) in [6.45, 7) is 3.78. The van der Waals surface area contributed by atoms with Crippen molar-refractivity contribution in [2.24, 2.45) is 0 Å². The van der Waals surface area contributed by atoms with Crippen molar-refractivity contribution in [2.45, 2.75) is 26.4 Å². The van der Waals surface area contributed by atoms with Gasteiger partial charge >= 0.3 is 0 Å². The van der Waals surface area contributed by atoms with E-state index in [1.54, 1.807) is 32.2 Å². The van der Waals surface area contributed by atoms with Gasteiger partial charge in [-0.1, -0.05) is 57.4 Å². The summed E-state index contributed by atoms with van der Waals surface area (Å²) in [6, 6.07) is 12.4. The Morgan fingerprint density at radius 2 is 1.89 bits per heavy atom. The van der Waals surface area contributed by atoms with Crippen LogP contribution in [-0.4, -0.2) is 36.4 Å². The van der Waals surface area contributed by atoms with E-state index < -0.39 is 6.04 Å². The number of nitrogens with zero attached hydrogens (tertiary/aromatic N) is 1. The molecule has 0 aromatic heterocycles. The van der Waals surface area contributed by atoms with Crippen LogP contribution in [0.15, 0.2) is 46.9 Å². The van der Waals surface area contributed by atoms with Crippen LogP contribution in [0, 0.1) is 6.92 Å². The van der Waals surface area contributed by atoms with Gasteiger partial charge < -0.3 is 15.0 Å². The molecule has 0 fully saturated rings. The lowest BCUT2D eigenvalue weighted by Gasteiger charge is -2.28. The molecule has 1 N–H and O–H groups in total. The Balaban J connectivity index is 2.14. The van der Waals surface area contributed by atoms with E-state index in [-0.39, 0.29) is 18.4 Å². The Hall–Kier alpha value is -2.05. The molecule has 7 heteroatoms. The fraction of sp³-hybridized carbons (Fsp3) is 0.300. The SMILES string of the molecule is CNC(=O)C(C)N(Cc1ccc(C)cc1)C(=O)COc1ccc(Br)cc1Cl. The van der Waals surface area contributed by atoms with Crippen molar-refractivity contribution in [3.05, 3.63) is 63.1 Å². The Bertz CT molecular complexity index is 811. The smallest absolute Gasteiger partial charge is 0.261 e. The maximum absolute atomic E-state index is 12.8. The first-order chi connectivity index (χ1) is 12.8. The first-order valence-corrected chi connectivity index (χ1v) is 9.63. The van der Waals surface area contributed by atoms with E-state index in [0.29, 0.717) is 17.3 Å². The van der Waals surface area contributed by atoms with Gasteiger partial charge in [-0.3, -0.25) is 9.59 Å². The number of nitrogens with one attached hydrogen (secondary N) is 1. The minimum Gasteiger partial charge on any atom is -0.482 e. The fourth-order valence-electron chi connectivity index (χ4n) is 2.50. The molecule has 2 aromatic carbocycles. The first kappa shape index (κ1) is 21.3. The lowest BCUT2D eigenvalue weighted by Crippen LogP contribution is -2.48. The Morgan fingerprint density at radius 3 is 2.48 bits per heavy atom. The van der Waals surface area contributed by atoms with Gasteiger partial charge in [-0.05, 0) is 37.6 Å². The summed E-state index contributed by atoms with van der Waals surface area (Å²) in [6.07, 6.45) is 0. The standard InChI is InChI=1S/C20H22BrClN2O3/c1-13-4-6-15(7-5-13)11-24(14(2)20(26)23-3)19(25)12-27-18-9-8-16(21)10-17(18)22/h4-10,14H,11-12H2,1-3H3,(H,23,26). The molecule has 2 amide bonds. The number of amides is 2. The zero-order valence-corrected chi connectivity index (χ0v) is 17.8. The van der Waals surface area contributed by atoms with E-state index in [0.717, 1.165) is 15.6 Å². The lowest BCUT2D eigenvalue weighted by molar-refractivity contribution is -0.142. The third-order valence-corrected chi connectivity index (χ3v) is 4.92. The van der Waals surface area contributed by atoms with Gasteiger partial charge in [-0.25, -0.2) is 0 Å². The molecule has 1 unspecified atom stereocenters. The summed E-state index contributed by atoms with van der Waals surface area (Å²) in [5, 5.41) is 2.99. The molecular formula is C20H22BrClN2O3. The molecule has 0 aliphatic rings. The fourth-order valence-corrected chi connectivity index (χ4v) is 3.22. The second kappa shape index (κ2) is 9.76. The molecule has 144 valence electrons. The molecule has 27 heavy (non-hydrogen) atoms. The molecular weight excluding hydrogens is 432 g/mol. The highest BCUT2D eigenvalue weighted by molar-refractivity contribution is 9.10. The third-order valence-electron chi connectivity index (χ3n) is 4.13. The zero-order chi connectivity index (χ0) is 20.0. The number of ether oxygens (including phenoxy) is 1. The summed E-state index contributed by atoms with van der Waals surface area (Å²) >= 11 is 9.45. The highest BCUT2D eigenvalue weighted by Gasteiger charge is 2.26. The van der Waals surface area contributed by atoms with E-state index in [2.05, 4.69) is 21.2 Å². The normalized spacial score (nSPS) is 11.6. The Labute approximate surface area is 172 Å². The van der Waals surface area contributed by atoms with Crippen molar-refractivity contribution in [3.63, 3.8) is 0 Å². The molecule has 0 aliphatic heterocycles. The summed E-state index contributed by atoms with van der Waals surface area (Å²) in [5.74, 6) is -0.126. The molecule has 0 heterocycles. The van der Waals surface area contributed by atoms with Gasteiger partial charge in [0.05, 0.1) is 5.02 Å². The van der Waals surface area contributed by atoms with E-state index in [9.17, 15) is 9.59 Å². The molecule has 5 nitrogen and oxygen atoms in total. The van der Waals surface area contributed by atoms with E-state index in [4.69, 9.17) is 16.3 Å². The molecule has 0 bridgehead atoms. The van der Waals surface area contributed by atoms with Crippen molar-refractivity contribution in [3.8, 4) is 5.75 Å². The largest absolute Gasteiger partial charge is 0.482 e. The minimum absolute atomic E-state index is 0.214. The van der Waals surface area contributed by atoms with Gasteiger partial charge in [-0.2, -0.15) is 0 Å². The molecule has 0 spiro atoms. The van der Waals surface area contributed by atoms with Crippen LogP contribution < -0.4 is 10.1 Å². The number of rotatable bonds is 7. The van der Waals surface area contributed by atoms with Crippen LogP contribution in [0.3, 0.4) is 0 Å². The van der Waals surface area contributed by atoms with Gasteiger partial charge in [0.25, 0.3) is 5.91 Å². The molecule has 2 rings (SSSR count). The number of halogens is 2. The van der Waals surface area contributed by atoms with Crippen LogP contribution in [0.25, 0.3) is 0 Å². The van der Waals surface area contributed by atoms with Gasteiger partial charge in [0.1, 0.15) is 11.8 Å². The van der Waals surface area contributed by atoms with Crippen LogP contribution in [0.5, 0.6) is 5.75 Å². The van der Waals surface area contributed by atoms with Gasteiger partial charge in [0, 0.05) is 18.1 Å². The number of carbonyl (C=O) groups excluding carboxylic acids is 2. The quantitative estimate of drug-likeness (QED) is 0.690. The van der Waals surface area contributed by atoms with Crippen molar-refractivity contribution >= 4 is 39.3 Å². The highest BCUT2D eigenvalue weighted by Crippen LogP contribution is 2.27. The predicted octanol–water partition coefficient (Wildman–Crippen LogP) is 3.95.